The van der Waals surface area contributed by atoms with Crippen LogP contribution in [0.1, 0.15) is 45.2 Å². The first-order valence-corrected chi connectivity index (χ1v) is 23.0. The average molecular weight is 983 g/mol. The number of hydrogen-bond donors (Lipinski definition) is 2. The molecule has 4 aliphatic rings. The summed E-state index contributed by atoms with van der Waals surface area (Å²) in [6.07, 6.45) is -18.9. The van der Waals surface area contributed by atoms with Crippen LogP contribution >= 0.6 is 0 Å². The van der Waals surface area contributed by atoms with Gasteiger partial charge in [-0.2, -0.15) is 0 Å². The van der Waals surface area contributed by atoms with E-state index in [-0.39, 0.29) is 30.8 Å². The molecule has 4 aliphatic heterocycles. The summed E-state index contributed by atoms with van der Waals surface area (Å²) in [7, 11) is 2.45. The van der Waals surface area contributed by atoms with Gasteiger partial charge in [0, 0.05) is 12.0 Å². The van der Waals surface area contributed by atoms with Crippen LogP contribution in [0.15, 0.2) is 126 Å². The quantitative estimate of drug-likeness (QED) is 0.0415. The van der Waals surface area contributed by atoms with Crippen LogP contribution in [-0.2, 0) is 74.9 Å². The maximum absolute atomic E-state index is 14.3. The van der Waals surface area contributed by atoms with E-state index in [0.717, 1.165) is 12.7 Å². The smallest absolute Gasteiger partial charge is 0.408 e. The first kappa shape index (κ1) is 50.9. The third kappa shape index (κ3) is 12.0. The molecular formula is C50H54N4O17. The van der Waals surface area contributed by atoms with Crippen molar-refractivity contribution in [2.75, 3.05) is 20.8 Å². The normalized spacial score (nSPS) is 31.2. The molecule has 4 fully saturated rings. The third-order valence-corrected chi connectivity index (χ3v) is 12.4. The Morgan fingerprint density at radius 3 is 1.83 bits per heavy atom. The van der Waals surface area contributed by atoms with E-state index in [4.69, 9.17) is 56.8 Å². The Hall–Kier alpha value is -6.49. The van der Waals surface area contributed by atoms with Gasteiger partial charge in [0.25, 0.3) is 0 Å². The Morgan fingerprint density at radius 1 is 0.690 bits per heavy atom. The first-order chi connectivity index (χ1) is 34.6. The number of azide groups is 1. The Kier molecular flexibility index (Phi) is 17.3. The molecule has 71 heavy (non-hydrogen) atoms. The number of rotatable bonds is 19. The Balaban J connectivity index is 1.23. The average Bonchev–Trinajstić information content (AvgIpc) is 3.82. The largest absolute Gasteiger partial charge is 0.467 e. The fourth-order valence-electron chi connectivity index (χ4n) is 8.83. The summed E-state index contributed by atoms with van der Waals surface area (Å²) in [5.74, 6) is -2.57. The zero-order valence-corrected chi connectivity index (χ0v) is 38.9. The van der Waals surface area contributed by atoms with Gasteiger partial charge in [0.1, 0.15) is 55.3 Å². The molecule has 0 aromatic heterocycles. The number of esters is 3. The third-order valence-electron chi connectivity index (χ3n) is 12.4. The number of amides is 1. The molecule has 21 nitrogen and oxygen atoms in total. The summed E-state index contributed by atoms with van der Waals surface area (Å²) in [4.78, 5) is 57.8. The molecule has 4 saturated heterocycles. The molecule has 0 radical (unpaired) electrons. The van der Waals surface area contributed by atoms with Crippen LogP contribution in [0.4, 0.5) is 4.79 Å². The van der Waals surface area contributed by atoms with Gasteiger partial charge in [0.15, 0.2) is 37.2 Å². The van der Waals surface area contributed by atoms with Gasteiger partial charge in [-0.1, -0.05) is 109 Å². The highest BCUT2D eigenvalue weighted by Crippen LogP contribution is 2.39. The monoisotopic (exact) mass is 982 g/mol. The zero-order chi connectivity index (χ0) is 49.9. The van der Waals surface area contributed by atoms with Gasteiger partial charge in [-0.05, 0) is 47.3 Å². The molecule has 21 heteroatoms. The van der Waals surface area contributed by atoms with Crippen LogP contribution in [0.5, 0.6) is 0 Å². The lowest BCUT2D eigenvalue weighted by atomic mass is 9.94. The Bertz CT molecular complexity index is 2440. The van der Waals surface area contributed by atoms with Crippen molar-refractivity contribution >= 4 is 24.0 Å². The summed E-state index contributed by atoms with van der Waals surface area (Å²) >= 11 is 0. The second kappa shape index (κ2) is 24.1. The summed E-state index contributed by atoms with van der Waals surface area (Å²) in [6, 6.07) is 31.9. The second-order valence-corrected chi connectivity index (χ2v) is 16.8. The van der Waals surface area contributed by atoms with Crippen molar-refractivity contribution < 1.29 is 81.1 Å². The minimum atomic E-state index is -1.82. The summed E-state index contributed by atoms with van der Waals surface area (Å²) < 4.78 is 74.7. The van der Waals surface area contributed by atoms with E-state index in [1.54, 1.807) is 79.7 Å². The van der Waals surface area contributed by atoms with Crippen molar-refractivity contribution in [2.24, 2.45) is 5.11 Å². The van der Waals surface area contributed by atoms with Crippen LogP contribution in [0.3, 0.4) is 0 Å². The minimum Gasteiger partial charge on any atom is -0.467 e. The Morgan fingerprint density at radius 2 is 1.25 bits per heavy atom. The van der Waals surface area contributed by atoms with E-state index >= 15 is 0 Å². The van der Waals surface area contributed by atoms with Crippen molar-refractivity contribution in [2.45, 2.75) is 119 Å². The minimum absolute atomic E-state index is 0.0610. The van der Waals surface area contributed by atoms with E-state index in [1.165, 1.54) is 19.2 Å². The molecule has 4 heterocycles. The highest BCUT2D eigenvalue weighted by atomic mass is 16.8. The standard InChI is InChI=1S/C50H54N4O17/c1-4-32-36(55)38-34(52-50(59)71-38)48(65-32)69-41-40(63-26-29-19-11-6-12-20-29)43(67-45(57)31-23-15-8-16-24-31)49(70-42(41)46(58)60-2)68-37-33(27-64-44(56)30-21-13-7-14-22-30)66-47(61-3)35(53-54-51)39(37)62-25-28-17-9-5-10-18-28/h5-24,32-43,47-49,55H,4,25-27H2,1-3H3,(H,52,59)/t32?,33?,34-,35?,36+,37+,38?,39-,40+,41+,42?,43?,47-,48-,49+/m0/s1. The molecule has 4 aromatic carbocycles. The van der Waals surface area contributed by atoms with Crippen molar-refractivity contribution in [1.82, 2.24) is 5.32 Å². The lowest BCUT2D eigenvalue weighted by Gasteiger charge is -2.49. The van der Waals surface area contributed by atoms with Crippen LogP contribution in [0, 0.1) is 0 Å². The molecule has 8 rings (SSSR count). The molecular weight excluding hydrogens is 929 g/mol. The molecule has 6 unspecified atom stereocenters. The van der Waals surface area contributed by atoms with Gasteiger partial charge in [-0.3, -0.25) is 0 Å². The van der Waals surface area contributed by atoms with Crippen molar-refractivity contribution in [1.29, 1.82) is 0 Å². The summed E-state index contributed by atoms with van der Waals surface area (Å²) in [5.41, 5.74) is 11.6. The summed E-state index contributed by atoms with van der Waals surface area (Å²) in [6.45, 7) is 1.05. The number of methoxy groups -OCH3 is 2. The highest BCUT2D eigenvalue weighted by Gasteiger charge is 2.60. The predicted octanol–water partition coefficient (Wildman–Crippen LogP) is 4.93. The molecule has 376 valence electrons. The van der Waals surface area contributed by atoms with E-state index in [9.17, 15) is 29.8 Å². The lowest BCUT2D eigenvalue weighted by molar-refractivity contribution is -0.364. The number of fused-ring (bicyclic) bond motifs is 1. The fraction of sp³-hybridized carbons (Fsp3) is 0.440. The van der Waals surface area contributed by atoms with Crippen LogP contribution in [0.25, 0.3) is 10.4 Å². The maximum atomic E-state index is 14.3. The maximum Gasteiger partial charge on any atom is 0.408 e. The topological polar surface area (TPSA) is 260 Å². The SMILES string of the molecule is CCC1O[C@@H](O[C@H]2C(C(=O)OC)O[C@@H](O[C@@H]3C(COC(=O)c4ccccc4)O[C@H](OC)C(N=[N+]=[N-])[C@@H]3OCc3ccccc3)C(OC(=O)c3ccccc3)[C@@H]2OCc2ccccc2)[C@H]2NC(=O)OC2[C@@H]1O. The molecule has 0 aliphatic carbocycles. The Labute approximate surface area is 408 Å². The molecule has 0 bridgehead atoms. The lowest BCUT2D eigenvalue weighted by Crippen LogP contribution is -2.68. The summed E-state index contributed by atoms with van der Waals surface area (Å²) in [5, 5.41) is 17.8. The van der Waals surface area contributed by atoms with E-state index in [1.807, 2.05) is 36.4 Å². The molecule has 0 saturated carbocycles. The molecule has 1 amide bonds. The van der Waals surface area contributed by atoms with E-state index in [0.29, 0.717) is 5.56 Å². The number of carbonyl (C=O) groups is 4. The van der Waals surface area contributed by atoms with E-state index in [2.05, 4.69) is 15.3 Å². The highest BCUT2D eigenvalue weighted by molar-refractivity contribution is 5.90. The zero-order valence-electron chi connectivity index (χ0n) is 38.9. The van der Waals surface area contributed by atoms with Gasteiger partial charge in [0.05, 0.1) is 37.6 Å². The number of benzene rings is 4. The molecule has 4 aromatic rings. The number of hydrogen-bond acceptors (Lipinski definition) is 18. The van der Waals surface area contributed by atoms with Crippen LogP contribution in [0.2, 0.25) is 0 Å². The van der Waals surface area contributed by atoms with Crippen molar-refractivity contribution in [3.63, 3.8) is 0 Å². The number of nitrogens with zero attached hydrogens (tertiary/aromatic N) is 3. The van der Waals surface area contributed by atoms with Gasteiger partial charge < -0.3 is 67.3 Å². The van der Waals surface area contributed by atoms with Crippen molar-refractivity contribution in [3.05, 3.63) is 154 Å². The number of alkyl carbamates (subject to hydrolysis) is 1. The molecule has 2 N–H and O–H groups in total. The van der Waals surface area contributed by atoms with Gasteiger partial charge >= 0.3 is 24.0 Å². The van der Waals surface area contributed by atoms with Crippen LogP contribution < -0.4 is 5.32 Å². The molecule has 15 atom stereocenters. The number of carbonyl (C=O) groups excluding carboxylic acids is 4. The first-order valence-electron chi connectivity index (χ1n) is 23.0. The van der Waals surface area contributed by atoms with E-state index < -0.39 is 123 Å². The molecule has 0 spiro atoms. The second-order valence-electron chi connectivity index (χ2n) is 16.8. The number of ether oxygens (including phenoxy) is 12. The number of nitrogens with one attached hydrogen (secondary N) is 1. The van der Waals surface area contributed by atoms with Gasteiger partial charge in [-0.25, -0.2) is 19.2 Å². The number of aliphatic hydroxyl groups is 1. The van der Waals surface area contributed by atoms with Crippen molar-refractivity contribution in [3.8, 4) is 0 Å². The van der Waals surface area contributed by atoms with Gasteiger partial charge in [-0.15, -0.1) is 0 Å². The predicted molar refractivity (Wildman–Crippen MR) is 244 cm³/mol. The van der Waals surface area contributed by atoms with Gasteiger partial charge in [0.2, 0.25) is 0 Å². The fourth-order valence-corrected chi connectivity index (χ4v) is 8.83. The number of aliphatic hydroxyl groups excluding tert-OH is 1. The van der Waals surface area contributed by atoms with Crippen LogP contribution in [-0.4, -0.2) is 142 Å².